The number of aromatic hydroxyl groups is 1. The number of phenolic OH excluding ortho intramolecular Hbond substituents is 1. The Morgan fingerprint density at radius 3 is 2.26 bits per heavy atom. The number of unbranched alkanes of at least 4 members (excludes halogenated alkanes) is 2. The van der Waals surface area contributed by atoms with Crippen molar-refractivity contribution in [1.29, 1.82) is 0 Å². The first-order chi connectivity index (χ1) is 9.17. The van der Waals surface area contributed by atoms with E-state index in [1.165, 1.54) is 38.5 Å². The van der Waals surface area contributed by atoms with E-state index in [1.54, 1.807) is 6.07 Å². The lowest BCUT2D eigenvalue weighted by Gasteiger charge is -2.31. The summed E-state index contributed by atoms with van der Waals surface area (Å²) in [5.41, 5.74) is 1.07. The normalized spacial score (nSPS) is 21.2. The molecule has 108 valence electrons. The van der Waals surface area contributed by atoms with Gasteiger partial charge in [0, 0.05) is 0 Å². The fourth-order valence-corrected chi connectivity index (χ4v) is 2.69. The molecule has 1 nitrogen and oxygen atoms in total. The van der Waals surface area contributed by atoms with Crippen LogP contribution in [-0.2, 0) is 6.42 Å². The van der Waals surface area contributed by atoms with E-state index in [0.29, 0.717) is 5.75 Å². The fraction of sp³-hybridized carbons (Fsp3) is 0.667. The summed E-state index contributed by atoms with van der Waals surface area (Å²) in [5.74, 6) is 2.58. The smallest absolute Gasteiger partial charge is 0.118 e. The Morgan fingerprint density at radius 1 is 1.11 bits per heavy atom. The zero-order chi connectivity index (χ0) is 14.1. The largest absolute Gasteiger partial charge is 0.508 e. The Morgan fingerprint density at radius 2 is 1.79 bits per heavy atom. The summed E-state index contributed by atoms with van der Waals surface area (Å²) in [4.78, 5) is 0. The minimum absolute atomic E-state index is 0.439. The molecule has 1 aromatic carbocycles. The van der Waals surface area contributed by atoms with Gasteiger partial charge in [-0.1, -0.05) is 58.2 Å². The predicted molar refractivity (Wildman–Crippen MR) is 83.5 cm³/mol. The molecule has 0 aromatic heterocycles. The van der Waals surface area contributed by atoms with Gasteiger partial charge in [0.2, 0.25) is 0 Å². The van der Waals surface area contributed by atoms with Crippen LogP contribution in [0.1, 0.15) is 64.9 Å². The van der Waals surface area contributed by atoms with Crippen LogP contribution in [0.5, 0.6) is 5.75 Å². The van der Waals surface area contributed by atoms with Crippen LogP contribution in [0.3, 0.4) is 0 Å². The third-order valence-electron chi connectivity index (χ3n) is 4.09. The van der Waals surface area contributed by atoms with E-state index < -0.39 is 0 Å². The van der Waals surface area contributed by atoms with Crippen LogP contribution < -0.4 is 0 Å². The van der Waals surface area contributed by atoms with E-state index in [-0.39, 0.29) is 0 Å². The van der Waals surface area contributed by atoms with Gasteiger partial charge in [-0.25, -0.2) is 0 Å². The van der Waals surface area contributed by atoms with Crippen LogP contribution in [0.15, 0.2) is 24.3 Å². The van der Waals surface area contributed by atoms with E-state index in [4.69, 9.17) is 0 Å². The first-order valence-corrected chi connectivity index (χ1v) is 7.94. The zero-order valence-corrected chi connectivity index (χ0v) is 12.9. The van der Waals surface area contributed by atoms with Gasteiger partial charge in [0.1, 0.15) is 5.75 Å². The van der Waals surface area contributed by atoms with E-state index in [9.17, 15) is 5.11 Å². The molecule has 0 aliphatic heterocycles. The van der Waals surface area contributed by atoms with Crippen molar-refractivity contribution in [2.45, 2.75) is 65.7 Å². The summed E-state index contributed by atoms with van der Waals surface area (Å²) in [6, 6.07) is 7.58. The van der Waals surface area contributed by atoms with Gasteiger partial charge in [-0.2, -0.15) is 0 Å². The van der Waals surface area contributed by atoms with Crippen LogP contribution in [-0.4, -0.2) is 5.11 Å². The van der Waals surface area contributed by atoms with Crippen molar-refractivity contribution in [1.82, 2.24) is 0 Å². The quantitative estimate of drug-likeness (QED) is 0.688. The van der Waals surface area contributed by atoms with E-state index >= 15 is 0 Å². The molecule has 0 heterocycles. The van der Waals surface area contributed by atoms with Crippen LogP contribution >= 0.6 is 0 Å². The highest BCUT2D eigenvalue weighted by molar-refractivity contribution is 5.31. The van der Waals surface area contributed by atoms with Crippen LogP contribution in [0.2, 0.25) is 0 Å². The monoisotopic (exact) mass is 262 g/mol. The van der Waals surface area contributed by atoms with Gasteiger partial charge in [-0.3, -0.25) is 0 Å². The van der Waals surface area contributed by atoms with Crippen LogP contribution in [0.4, 0.5) is 0 Å². The lowest BCUT2D eigenvalue weighted by molar-refractivity contribution is 0.206. The van der Waals surface area contributed by atoms with Crippen LogP contribution in [0, 0.1) is 11.8 Å². The van der Waals surface area contributed by atoms with Gasteiger partial charge < -0.3 is 5.11 Å². The van der Waals surface area contributed by atoms with Gasteiger partial charge in [0.15, 0.2) is 0 Å². The number of benzene rings is 1. The predicted octanol–water partition coefficient (Wildman–Crippen LogP) is 5.57. The van der Waals surface area contributed by atoms with Gasteiger partial charge in [0.05, 0.1) is 0 Å². The van der Waals surface area contributed by atoms with Gasteiger partial charge in [-0.15, -0.1) is 0 Å². The van der Waals surface area contributed by atoms with Crippen LogP contribution in [0.25, 0.3) is 0 Å². The topological polar surface area (TPSA) is 20.2 Å². The van der Waals surface area contributed by atoms with Crippen molar-refractivity contribution >= 4 is 0 Å². The van der Waals surface area contributed by atoms with E-state index in [0.717, 1.165) is 23.8 Å². The highest BCUT2D eigenvalue weighted by Gasteiger charge is 2.22. The molecule has 0 unspecified atom stereocenters. The molecule has 0 bridgehead atoms. The first kappa shape index (κ1) is 16.1. The molecule has 2 rings (SSSR count). The highest BCUT2D eigenvalue weighted by Crippen LogP contribution is 2.34. The molecule has 0 amide bonds. The van der Waals surface area contributed by atoms with E-state index in [2.05, 4.69) is 20.8 Å². The average molecular weight is 262 g/mol. The molecule has 1 heteroatoms. The van der Waals surface area contributed by atoms with Gasteiger partial charge in [0.25, 0.3) is 0 Å². The lowest BCUT2D eigenvalue weighted by atomic mass is 9.75. The zero-order valence-electron chi connectivity index (χ0n) is 12.9. The molecule has 0 atom stereocenters. The molecular weight excluding hydrogens is 232 g/mol. The molecule has 0 saturated heterocycles. The Hall–Kier alpha value is -0.980. The van der Waals surface area contributed by atoms with Gasteiger partial charge >= 0.3 is 0 Å². The maximum Gasteiger partial charge on any atom is 0.118 e. The van der Waals surface area contributed by atoms with Crippen molar-refractivity contribution in [3.8, 4) is 5.75 Å². The molecule has 0 spiro atoms. The summed E-state index contributed by atoms with van der Waals surface area (Å²) in [7, 11) is 0. The molecule has 1 aromatic rings. The Bertz CT molecular complexity index is 339. The van der Waals surface area contributed by atoms with Gasteiger partial charge in [-0.05, 0) is 49.1 Å². The number of rotatable bonds is 5. The molecule has 19 heavy (non-hydrogen) atoms. The summed E-state index contributed by atoms with van der Waals surface area (Å²) >= 11 is 0. The number of para-hydroxylation sites is 1. The third kappa shape index (κ3) is 6.13. The summed E-state index contributed by atoms with van der Waals surface area (Å²) in [5, 5.41) is 9.41. The van der Waals surface area contributed by atoms with E-state index in [1.807, 2.05) is 18.2 Å². The molecule has 1 aliphatic carbocycles. The average Bonchev–Trinajstić information content (AvgIpc) is 2.38. The molecule has 1 N–H and O–H groups in total. The standard InChI is InChI=1S/C11H16O.C7H14/c1-2-3-4-7-10-8-5-6-9-11(10)12;1-3-7-4-6(2)5-7/h5-6,8-9,12H,2-4,7H2,1H3;6-7H,3-5H2,1-2H3. The number of hydrogen-bond acceptors (Lipinski definition) is 1. The highest BCUT2D eigenvalue weighted by atomic mass is 16.3. The third-order valence-corrected chi connectivity index (χ3v) is 4.09. The molecule has 0 radical (unpaired) electrons. The molecule has 1 aliphatic rings. The fourth-order valence-electron chi connectivity index (χ4n) is 2.69. The minimum atomic E-state index is 0.439. The number of phenols is 1. The van der Waals surface area contributed by atoms with Crippen molar-refractivity contribution in [2.75, 3.05) is 0 Å². The second-order valence-electron chi connectivity index (χ2n) is 5.94. The SMILES string of the molecule is CCC1CC(C)C1.CCCCCc1ccccc1O. The van der Waals surface area contributed by atoms with Crippen molar-refractivity contribution < 1.29 is 5.11 Å². The van der Waals surface area contributed by atoms with Crippen molar-refractivity contribution in [3.05, 3.63) is 29.8 Å². The minimum Gasteiger partial charge on any atom is -0.508 e. The first-order valence-electron chi connectivity index (χ1n) is 7.94. The number of hydrogen-bond donors (Lipinski definition) is 1. The second-order valence-corrected chi connectivity index (χ2v) is 5.94. The Labute approximate surface area is 119 Å². The number of aryl methyl sites for hydroxylation is 1. The van der Waals surface area contributed by atoms with Crippen molar-refractivity contribution in [2.24, 2.45) is 11.8 Å². The molecule has 1 fully saturated rings. The Kier molecular flexibility index (Phi) is 7.62. The van der Waals surface area contributed by atoms with Crippen molar-refractivity contribution in [3.63, 3.8) is 0 Å². The lowest BCUT2D eigenvalue weighted by Crippen LogP contribution is -2.19. The summed E-state index contributed by atoms with van der Waals surface area (Å²) in [6.07, 6.45) is 9.05. The summed E-state index contributed by atoms with van der Waals surface area (Å²) < 4.78 is 0. The maximum absolute atomic E-state index is 9.41. The summed E-state index contributed by atoms with van der Waals surface area (Å²) in [6.45, 7) is 6.81. The second kappa shape index (κ2) is 9.01. The molecule has 1 saturated carbocycles. The maximum atomic E-state index is 9.41. The Balaban J connectivity index is 0.000000218. The molecular formula is C18H30O.